The number of benzene rings is 1. The van der Waals surface area contributed by atoms with Crippen molar-refractivity contribution in [2.24, 2.45) is 5.73 Å². The maximum atomic E-state index is 12.5. The largest absolute Gasteiger partial charge is 0.368 e. The van der Waals surface area contributed by atoms with Crippen molar-refractivity contribution in [3.05, 3.63) is 35.9 Å². The van der Waals surface area contributed by atoms with Crippen LogP contribution in [0.15, 0.2) is 30.9 Å². The van der Waals surface area contributed by atoms with Gasteiger partial charge in [0.25, 0.3) is 0 Å². The molecule has 1 aliphatic heterocycles. The van der Waals surface area contributed by atoms with Crippen LogP contribution >= 0.6 is 11.6 Å². The molecule has 0 radical (unpaired) electrons. The average Bonchev–Trinajstić information content (AvgIpc) is 3.09. The highest BCUT2D eigenvalue weighted by Gasteiger charge is 2.28. The number of nitrogens with zero attached hydrogens (tertiary/aromatic N) is 4. The van der Waals surface area contributed by atoms with Gasteiger partial charge >= 0.3 is 0 Å². The van der Waals surface area contributed by atoms with E-state index in [1.54, 1.807) is 22.9 Å². The van der Waals surface area contributed by atoms with Crippen molar-refractivity contribution in [1.29, 1.82) is 0 Å². The zero-order chi connectivity index (χ0) is 17.8. The molecule has 0 aliphatic carbocycles. The summed E-state index contributed by atoms with van der Waals surface area (Å²) < 4.78 is 1.54. The third-order valence-corrected chi connectivity index (χ3v) is 4.42. The first-order valence-electron chi connectivity index (χ1n) is 8.02. The zero-order valence-electron chi connectivity index (χ0n) is 13.6. The summed E-state index contributed by atoms with van der Waals surface area (Å²) in [5.41, 5.74) is 6.62. The van der Waals surface area contributed by atoms with Crippen LogP contribution in [-0.4, -0.2) is 50.6 Å². The fourth-order valence-corrected chi connectivity index (χ4v) is 3.19. The number of amides is 2. The summed E-state index contributed by atoms with van der Waals surface area (Å²) in [5, 5.41) is 7.41. The molecule has 3 rings (SSSR count). The Morgan fingerprint density at radius 3 is 2.92 bits per heavy atom. The molecular formula is C16H19ClN6O2. The van der Waals surface area contributed by atoms with Gasteiger partial charge in [-0.05, 0) is 37.6 Å². The van der Waals surface area contributed by atoms with Crippen molar-refractivity contribution in [1.82, 2.24) is 19.7 Å². The van der Waals surface area contributed by atoms with Crippen LogP contribution in [0.4, 0.5) is 5.69 Å². The Labute approximate surface area is 150 Å². The second kappa shape index (κ2) is 7.62. The van der Waals surface area contributed by atoms with Gasteiger partial charge in [-0.3, -0.25) is 14.5 Å². The van der Waals surface area contributed by atoms with E-state index in [0.29, 0.717) is 29.4 Å². The Hall–Kier alpha value is -2.45. The van der Waals surface area contributed by atoms with Crippen molar-refractivity contribution in [3.63, 3.8) is 0 Å². The maximum absolute atomic E-state index is 12.5. The van der Waals surface area contributed by atoms with Crippen molar-refractivity contribution in [2.75, 3.05) is 18.4 Å². The number of nitrogens with one attached hydrogen (secondary N) is 1. The molecule has 132 valence electrons. The van der Waals surface area contributed by atoms with Gasteiger partial charge < -0.3 is 11.1 Å². The van der Waals surface area contributed by atoms with Crippen molar-refractivity contribution in [2.45, 2.75) is 25.3 Å². The highest BCUT2D eigenvalue weighted by molar-refractivity contribution is 6.31. The monoisotopic (exact) mass is 362 g/mol. The smallest absolute Gasteiger partial charge is 0.238 e. The van der Waals surface area contributed by atoms with Gasteiger partial charge in [0.2, 0.25) is 11.8 Å². The Bertz CT molecular complexity index is 764. The Kier molecular flexibility index (Phi) is 5.30. The lowest BCUT2D eigenvalue weighted by Crippen LogP contribution is -2.50. The number of halogens is 1. The number of carbonyl (C=O) groups is 2. The van der Waals surface area contributed by atoms with Gasteiger partial charge in [-0.1, -0.05) is 18.0 Å². The van der Waals surface area contributed by atoms with Crippen LogP contribution in [0, 0.1) is 0 Å². The van der Waals surface area contributed by atoms with Gasteiger partial charge in [-0.25, -0.2) is 9.67 Å². The first-order valence-corrected chi connectivity index (χ1v) is 8.40. The summed E-state index contributed by atoms with van der Waals surface area (Å²) in [4.78, 5) is 29.8. The number of rotatable bonds is 5. The van der Waals surface area contributed by atoms with Gasteiger partial charge in [0, 0.05) is 5.02 Å². The van der Waals surface area contributed by atoms with E-state index in [4.69, 9.17) is 17.3 Å². The molecule has 1 aliphatic rings. The van der Waals surface area contributed by atoms with Gasteiger partial charge in [-0.2, -0.15) is 5.10 Å². The second-order valence-electron chi connectivity index (χ2n) is 5.93. The van der Waals surface area contributed by atoms with Crippen LogP contribution in [0.25, 0.3) is 5.69 Å². The van der Waals surface area contributed by atoms with E-state index < -0.39 is 11.9 Å². The molecular weight excluding hydrogens is 344 g/mol. The molecule has 1 aromatic heterocycles. The Morgan fingerprint density at radius 1 is 1.36 bits per heavy atom. The minimum atomic E-state index is -0.395. The molecule has 9 heteroatoms. The SMILES string of the molecule is NC(=O)[C@@H]1CCCCN1CC(=O)Nc1cc(Cl)ccc1-n1cncn1. The van der Waals surface area contributed by atoms with E-state index in [2.05, 4.69) is 15.4 Å². The number of piperidine rings is 1. The standard InChI is InChI=1S/C16H19ClN6O2/c17-11-4-5-13(23-10-19-9-20-23)12(7-11)21-15(24)8-22-6-2-1-3-14(22)16(18)25/h4-5,7,9-10,14H,1-3,6,8H2,(H2,18,25)(H,21,24)/t14-/m0/s1. The number of primary amides is 1. The minimum absolute atomic E-state index is 0.0942. The maximum Gasteiger partial charge on any atom is 0.238 e. The van der Waals surface area contributed by atoms with Crippen LogP contribution in [0.5, 0.6) is 0 Å². The topological polar surface area (TPSA) is 106 Å². The molecule has 2 aromatic rings. The highest BCUT2D eigenvalue weighted by atomic mass is 35.5. The Morgan fingerprint density at radius 2 is 2.20 bits per heavy atom. The molecule has 1 aromatic carbocycles. The average molecular weight is 363 g/mol. The normalized spacial score (nSPS) is 18.0. The summed E-state index contributed by atoms with van der Waals surface area (Å²) in [6.45, 7) is 0.767. The van der Waals surface area contributed by atoms with Crippen LogP contribution in [-0.2, 0) is 9.59 Å². The molecule has 0 saturated carbocycles. The third kappa shape index (κ3) is 4.15. The summed E-state index contributed by atoms with van der Waals surface area (Å²) in [6, 6.07) is 4.72. The molecule has 1 saturated heterocycles. The van der Waals surface area contributed by atoms with E-state index in [-0.39, 0.29) is 12.5 Å². The van der Waals surface area contributed by atoms with Crippen molar-refractivity contribution in [3.8, 4) is 5.69 Å². The van der Waals surface area contributed by atoms with E-state index in [1.807, 2.05) is 4.90 Å². The molecule has 0 unspecified atom stereocenters. The van der Waals surface area contributed by atoms with E-state index in [9.17, 15) is 9.59 Å². The lowest BCUT2D eigenvalue weighted by Gasteiger charge is -2.32. The van der Waals surface area contributed by atoms with E-state index >= 15 is 0 Å². The molecule has 2 amide bonds. The zero-order valence-corrected chi connectivity index (χ0v) is 14.3. The lowest BCUT2D eigenvalue weighted by molar-refractivity contribution is -0.126. The molecule has 2 heterocycles. The van der Waals surface area contributed by atoms with Crippen LogP contribution in [0.2, 0.25) is 5.02 Å². The summed E-state index contributed by atoms with van der Waals surface area (Å²) in [6.07, 6.45) is 5.51. The molecule has 3 N–H and O–H groups in total. The van der Waals surface area contributed by atoms with Crippen molar-refractivity contribution < 1.29 is 9.59 Å². The van der Waals surface area contributed by atoms with Crippen LogP contribution < -0.4 is 11.1 Å². The number of anilines is 1. The fourth-order valence-electron chi connectivity index (χ4n) is 3.02. The molecule has 25 heavy (non-hydrogen) atoms. The Balaban J connectivity index is 1.75. The van der Waals surface area contributed by atoms with Crippen molar-refractivity contribution >= 4 is 29.1 Å². The molecule has 1 atom stereocenters. The summed E-state index contributed by atoms with van der Waals surface area (Å²) in [5.74, 6) is -0.629. The molecule has 0 spiro atoms. The number of aromatic nitrogens is 3. The number of hydrogen-bond donors (Lipinski definition) is 2. The van der Waals surface area contributed by atoms with Gasteiger partial charge in [0.15, 0.2) is 0 Å². The first-order chi connectivity index (χ1) is 12.0. The number of carbonyl (C=O) groups excluding carboxylic acids is 2. The van der Waals surface area contributed by atoms with E-state index in [0.717, 1.165) is 12.8 Å². The number of hydrogen-bond acceptors (Lipinski definition) is 5. The predicted octanol–water partition coefficient (Wildman–Crippen LogP) is 1.20. The quantitative estimate of drug-likeness (QED) is 0.831. The van der Waals surface area contributed by atoms with Gasteiger partial charge in [0.1, 0.15) is 12.7 Å². The molecule has 8 nitrogen and oxygen atoms in total. The highest BCUT2D eigenvalue weighted by Crippen LogP contribution is 2.24. The van der Waals surface area contributed by atoms with Gasteiger partial charge in [-0.15, -0.1) is 0 Å². The second-order valence-corrected chi connectivity index (χ2v) is 6.37. The van der Waals surface area contributed by atoms with Gasteiger partial charge in [0.05, 0.1) is 24.0 Å². The van der Waals surface area contributed by atoms with Crippen LogP contribution in [0.1, 0.15) is 19.3 Å². The molecule has 0 bridgehead atoms. The molecule has 1 fully saturated rings. The van der Waals surface area contributed by atoms with Crippen LogP contribution in [0.3, 0.4) is 0 Å². The predicted molar refractivity (Wildman–Crippen MR) is 93.4 cm³/mol. The number of nitrogens with two attached hydrogens (primary N) is 1. The third-order valence-electron chi connectivity index (χ3n) is 4.19. The lowest BCUT2D eigenvalue weighted by atomic mass is 10.0. The number of likely N-dealkylation sites (tertiary alicyclic amines) is 1. The summed E-state index contributed by atoms with van der Waals surface area (Å²) >= 11 is 6.05. The first kappa shape index (κ1) is 17.4. The van der Waals surface area contributed by atoms with E-state index in [1.165, 1.54) is 12.7 Å². The fraction of sp³-hybridized carbons (Fsp3) is 0.375. The summed E-state index contributed by atoms with van der Waals surface area (Å²) in [7, 11) is 0. The minimum Gasteiger partial charge on any atom is -0.368 e.